The first-order chi connectivity index (χ1) is 13.1. The number of pyridine rings is 1. The van der Waals surface area contributed by atoms with Crippen LogP contribution in [-0.4, -0.2) is 29.6 Å². The van der Waals surface area contributed by atoms with Gasteiger partial charge in [0.05, 0.1) is 23.9 Å². The number of amides is 1. The molecule has 1 aromatic carbocycles. The van der Waals surface area contributed by atoms with Crippen molar-refractivity contribution in [3.63, 3.8) is 0 Å². The second-order valence-corrected chi connectivity index (χ2v) is 7.22. The Kier molecular flexibility index (Phi) is 4.83. The zero-order chi connectivity index (χ0) is 18.9. The highest BCUT2D eigenvalue weighted by Gasteiger charge is 2.46. The van der Waals surface area contributed by atoms with E-state index in [1.807, 2.05) is 13.0 Å². The van der Waals surface area contributed by atoms with Crippen molar-refractivity contribution in [2.75, 3.05) is 13.2 Å². The standard InChI is InChI=1S/C21H24FN3O2/c1-2-27-15-4-5-17(22)16(13-15)14-7-11-23-19(12-14)18-6-9-21(25-18)8-3-10-24-20(21)26/h4-5,7,11-13,18,25H,2-3,6,8-10H2,1H3,(H,24,26)/t18-,21-/m0/s1. The molecular weight excluding hydrogens is 345 g/mol. The number of nitrogens with zero attached hydrogens (tertiary/aromatic N) is 1. The van der Waals surface area contributed by atoms with E-state index in [2.05, 4.69) is 15.6 Å². The molecule has 0 aliphatic carbocycles. The van der Waals surface area contributed by atoms with E-state index in [9.17, 15) is 9.18 Å². The summed E-state index contributed by atoms with van der Waals surface area (Å²) < 4.78 is 19.9. The van der Waals surface area contributed by atoms with Crippen LogP contribution in [0.1, 0.15) is 44.3 Å². The number of ether oxygens (including phenoxy) is 1. The van der Waals surface area contributed by atoms with Crippen LogP contribution in [0.15, 0.2) is 36.5 Å². The molecule has 1 amide bonds. The molecular formula is C21H24FN3O2. The quantitative estimate of drug-likeness (QED) is 0.868. The second kappa shape index (κ2) is 7.27. The smallest absolute Gasteiger partial charge is 0.240 e. The molecule has 2 N–H and O–H groups in total. The topological polar surface area (TPSA) is 63.2 Å². The van der Waals surface area contributed by atoms with Crippen molar-refractivity contribution in [1.82, 2.24) is 15.6 Å². The number of hydrogen-bond donors (Lipinski definition) is 2. The lowest BCUT2D eigenvalue weighted by Gasteiger charge is -2.33. The Labute approximate surface area is 158 Å². The van der Waals surface area contributed by atoms with Crippen LogP contribution < -0.4 is 15.4 Å². The molecule has 2 saturated heterocycles. The van der Waals surface area contributed by atoms with E-state index < -0.39 is 5.54 Å². The zero-order valence-electron chi connectivity index (χ0n) is 15.4. The van der Waals surface area contributed by atoms with Crippen LogP contribution in [-0.2, 0) is 4.79 Å². The highest BCUT2D eigenvalue weighted by Crippen LogP contribution is 2.37. The van der Waals surface area contributed by atoms with Crippen molar-refractivity contribution in [1.29, 1.82) is 0 Å². The molecule has 5 nitrogen and oxygen atoms in total. The van der Waals surface area contributed by atoms with E-state index >= 15 is 0 Å². The predicted octanol–water partition coefficient (Wildman–Crippen LogP) is 3.36. The first-order valence-electron chi connectivity index (χ1n) is 9.56. The first-order valence-corrected chi connectivity index (χ1v) is 9.56. The Balaban J connectivity index is 1.60. The van der Waals surface area contributed by atoms with Gasteiger partial charge in [0.15, 0.2) is 0 Å². The summed E-state index contributed by atoms with van der Waals surface area (Å²) in [7, 11) is 0. The van der Waals surface area contributed by atoms with Crippen LogP contribution in [0.4, 0.5) is 4.39 Å². The third-order valence-corrected chi connectivity index (χ3v) is 5.51. The number of benzene rings is 1. The highest BCUT2D eigenvalue weighted by atomic mass is 19.1. The minimum Gasteiger partial charge on any atom is -0.494 e. The summed E-state index contributed by atoms with van der Waals surface area (Å²) in [4.78, 5) is 16.9. The third kappa shape index (κ3) is 3.41. The van der Waals surface area contributed by atoms with Gasteiger partial charge in [-0.25, -0.2) is 4.39 Å². The summed E-state index contributed by atoms with van der Waals surface area (Å²) in [5.41, 5.74) is 1.60. The minimum absolute atomic E-state index is 0.00747. The number of hydrogen-bond acceptors (Lipinski definition) is 4. The lowest BCUT2D eigenvalue weighted by Crippen LogP contribution is -2.57. The maximum atomic E-state index is 14.4. The van der Waals surface area contributed by atoms with Gasteiger partial charge in [0.2, 0.25) is 5.91 Å². The fourth-order valence-corrected chi connectivity index (χ4v) is 4.13. The lowest BCUT2D eigenvalue weighted by atomic mass is 9.88. The number of carbonyl (C=O) groups excluding carboxylic acids is 1. The summed E-state index contributed by atoms with van der Waals surface area (Å²) in [5, 5.41) is 6.47. The van der Waals surface area contributed by atoms with E-state index in [0.29, 0.717) is 17.9 Å². The molecule has 6 heteroatoms. The molecule has 4 rings (SSSR count). The molecule has 2 atom stereocenters. The van der Waals surface area contributed by atoms with Crippen molar-refractivity contribution in [2.24, 2.45) is 0 Å². The van der Waals surface area contributed by atoms with Crippen LogP contribution in [0.3, 0.4) is 0 Å². The van der Waals surface area contributed by atoms with Crippen molar-refractivity contribution < 1.29 is 13.9 Å². The number of rotatable bonds is 4. The molecule has 3 heterocycles. The Morgan fingerprint density at radius 3 is 3.00 bits per heavy atom. The summed E-state index contributed by atoms with van der Waals surface area (Å²) in [6.07, 6.45) is 5.16. The van der Waals surface area contributed by atoms with Gasteiger partial charge in [-0.05, 0) is 68.5 Å². The van der Waals surface area contributed by atoms with Crippen molar-refractivity contribution >= 4 is 5.91 Å². The fraction of sp³-hybridized carbons (Fsp3) is 0.429. The van der Waals surface area contributed by atoms with Crippen molar-refractivity contribution in [3.05, 3.63) is 48.0 Å². The van der Waals surface area contributed by atoms with E-state index in [-0.39, 0.29) is 17.8 Å². The number of piperidine rings is 1. The largest absolute Gasteiger partial charge is 0.494 e. The van der Waals surface area contributed by atoms with Crippen molar-refractivity contribution in [2.45, 2.75) is 44.2 Å². The molecule has 1 aromatic heterocycles. The second-order valence-electron chi connectivity index (χ2n) is 7.22. The maximum absolute atomic E-state index is 14.4. The van der Waals surface area contributed by atoms with Gasteiger partial charge < -0.3 is 10.1 Å². The van der Waals surface area contributed by atoms with Gasteiger partial charge >= 0.3 is 0 Å². The predicted molar refractivity (Wildman–Crippen MR) is 101 cm³/mol. The van der Waals surface area contributed by atoms with Gasteiger partial charge in [0, 0.05) is 18.3 Å². The third-order valence-electron chi connectivity index (χ3n) is 5.51. The van der Waals surface area contributed by atoms with Gasteiger partial charge in [-0.15, -0.1) is 0 Å². The maximum Gasteiger partial charge on any atom is 0.240 e. The average molecular weight is 369 g/mol. The van der Waals surface area contributed by atoms with Gasteiger partial charge in [-0.2, -0.15) is 0 Å². The summed E-state index contributed by atoms with van der Waals surface area (Å²) in [5.74, 6) is 0.435. The zero-order valence-corrected chi connectivity index (χ0v) is 15.4. The van der Waals surface area contributed by atoms with Crippen LogP contribution >= 0.6 is 0 Å². The van der Waals surface area contributed by atoms with Gasteiger partial charge in [0.1, 0.15) is 11.6 Å². The normalized spacial score (nSPS) is 24.8. The SMILES string of the molecule is CCOc1ccc(F)c(-c2ccnc([C@@H]3CC[C@]4(CCCNC4=O)N3)c2)c1. The van der Waals surface area contributed by atoms with E-state index in [0.717, 1.165) is 43.5 Å². The average Bonchev–Trinajstić information content (AvgIpc) is 3.11. The molecule has 2 aliphatic rings. The van der Waals surface area contributed by atoms with Crippen molar-refractivity contribution in [3.8, 4) is 16.9 Å². The Morgan fingerprint density at radius 2 is 2.19 bits per heavy atom. The highest BCUT2D eigenvalue weighted by molar-refractivity contribution is 5.87. The molecule has 2 fully saturated rings. The number of aromatic nitrogens is 1. The summed E-state index contributed by atoms with van der Waals surface area (Å²) >= 11 is 0. The van der Waals surface area contributed by atoms with Crippen LogP contribution in [0.5, 0.6) is 5.75 Å². The van der Waals surface area contributed by atoms with Crippen LogP contribution in [0, 0.1) is 5.82 Å². The fourth-order valence-electron chi connectivity index (χ4n) is 4.13. The summed E-state index contributed by atoms with van der Waals surface area (Å²) in [6.45, 7) is 3.18. The monoisotopic (exact) mass is 369 g/mol. The molecule has 0 radical (unpaired) electrons. The van der Waals surface area contributed by atoms with Crippen LogP contribution in [0.2, 0.25) is 0 Å². The van der Waals surface area contributed by atoms with E-state index in [1.165, 1.54) is 6.07 Å². The summed E-state index contributed by atoms with van der Waals surface area (Å²) in [6, 6.07) is 8.48. The van der Waals surface area contributed by atoms with E-state index in [1.54, 1.807) is 24.4 Å². The Hall–Kier alpha value is -2.47. The van der Waals surface area contributed by atoms with Gasteiger partial charge in [-0.3, -0.25) is 15.1 Å². The van der Waals surface area contributed by atoms with Gasteiger partial charge in [-0.1, -0.05) is 0 Å². The number of halogens is 1. The molecule has 1 spiro atoms. The van der Waals surface area contributed by atoms with Gasteiger partial charge in [0.25, 0.3) is 0 Å². The molecule has 142 valence electrons. The van der Waals surface area contributed by atoms with E-state index in [4.69, 9.17) is 4.74 Å². The number of carbonyl (C=O) groups is 1. The molecule has 0 saturated carbocycles. The molecule has 2 aromatic rings. The molecule has 2 aliphatic heterocycles. The molecule has 27 heavy (non-hydrogen) atoms. The number of nitrogens with one attached hydrogen (secondary N) is 2. The Morgan fingerprint density at radius 1 is 1.30 bits per heavy atom. The lowest BCUT2D eigenvalue weighted by molar-refractivity contribution is -0.129. The Bertz CT molecular complexity index is 857. The molecule has 0 bridgehead atoms. The minimum atomic E-state index is -0.485. The molecule has 0 unspecified atom stereocenters. The first kappa shape index (κ1) is 17.9. The van der Waals surface area contributed by atoms with Crippen LogP contribution in [0.25, 0.3) is 11.1 Å².